The number of piperidine rings is 1. The maximum atomic E-state index is 11.9. The Balaban J connectivity index is 1.18. The first-order valence-electron chi connectivity index (χ1n) is 12.3. The third kappa shape index (κ3) is 4.66. The van der Waals surface area contributed by atoms with Crippen molar-refractivity contribution in [1.29, 1.82) is 0 Å². The molecule has 2 aliphatic heterocycles. The number of likely N-dealkylation sites (tertiary alicyclic amines) is 1. The lowest BCUT2D eigenvalue weighted by Crippen LogP contribution is -2.57. The summed E-state index contributed by atoms with van der Waals surface area (Å²) in [7, 11) is 1.61. The number of pyridine rings is 1. The van der Waals surface area contributed by atoms with Crippen molar-refractivity contribution >= 4 is 34.9 Å². The van der Waals surface area contributed by atoms with Crippen molar-refractivity contribution in [3.63, 3.8) is 0 Å². The minimum Gasteiger partial charge on any atom is -0.355 e. The fraction of sp³-hybridized carbons (Fsp3) is 0.538. The Kier molecular flexibility index (Phi) is 7.03. The summed E-state index contributed by atoms with van der Waals surface area (Å²) in [4.78, 5) is 24.0. The minimum atomic E-state index is -0.171. The number of hydrogen-bond donors (Lipinski definition) is 1. The molecule has 0 bridgehead atoms. The van der Waals surface area contributed by atoms with Gasteiger partial charge in [-0.2, -0.15) is 0 Å². The van der Waals surface area contributed by atoms with E-state index in [2.05, 4.69) is 44.1 Å². The fourth-order valence-corrected chi connectivity index (χ4v) is 6.59. The van der Waals surface area contributed by atoms with Crippen LogP contribution in [0.25, 0.3) is 0 Å². The van der Waals surface area contributed by atoms with Gasteiger partial charge in [-0.3, -0.25) is 14.6 Å². The zero-order valence-electron chi connectivity index (χ0n) is 19.9. The van der Waals surface area contributed by atoms with Gasteiger partial charge in [0.2, 0.25) is 0 Å². The Hall–Kier alpha value is -1.86. The molecule has 2 aromatic rings. The number of carbonyl (C=O) groups is 1. The molecule has 3 aliphatic rings. The summed E-state index contributed by atoms with van der Waals surface area (Å²) in [6.07, 6.45) is 6.39. The van der Waals surface area contributed by atoms with Crippen molar-refractivity contribution in [3.05, 3.63) is 57.2 Å². The maximum absolute atomic E-state index is 11.9. The van der Waals surface area contributed by atoms with E-state index in [0.29, 0.717) is 28.7 Å². The summed E-state index contributed by atoms with van der Waals surface area (Å²) in [5, 5.41) is 4.01. The van der Waals surface area contributed by atoms with Crippen LogP contribution in [0, 0.1) is 0 Å². The SMILES string of the molecule is CNC(=O)c1cnc(N2CCN(C3CCN([C@@H]4CCc5cc(Cl)ccc54)CC3)[C@@H](C)C2)c(Cl)c1. The predicted octanol–water partition coefficient (Wildman–Crippen LogP) is 4.41. The highest BCUT2D eigenvalue weighted by Crippen LogP contribution is 2.39. The van der Waals surface area contributed by atoms with Crippen molar-refractivity contribution in [1.82, 2.24) is 20.1 Å². The van der Waals surface area contributed by atoms with E-state index in [4.69, 9.17) is 23.2 Å². The summed E-state index contributed by atoms with van der Waals surface area (Å²) in [6.45, 7) is 7.40. The minimum absolute atomic E-state index is 0.171. The van der Waals surface area contributed by atoms with Gasteiger partial charge in [-0.05, 0) is 61.9 Å². The molecule has 0 unspecified atom stereocenters. The van der Waals surface area contributed by atoms with Crippen LogP contribution in [0.2, 0.25) is 10.0 Å². The molecule has 0 radical (unpaired) electrons. The lowest BCUT2D eigenvalue weighted by Gasteiger charge is -2.47. The molecule has 1 amide bonds. The van der Waals surface area contributed by atoms with Crippen molar-refractivity contribution in [2.24, 2.45) is 0 Å². The van der Waals surface area contributed by atoms with Crippen LogP contribution in [0.5, 0.6) is 0 Å². The first kappa shape index (κ1) is 23.9. The Labute approximate surface area is 212 Å². The first-order chi connectivity index (χ1) is 16.4. The van der Waals surface area contributed by atoms with Crippen LogP contribution in [0.3, 0.4) is 0 Å². The molecule has 3 heterocycles. The second-order valence-corrected chi connectivity index (χ2v) is 10.6. The molecule has 2 saturated heterocycles. The Bertz CT molecular complexity index is 1060. The highest BCUT2D eigenvalue weighted by atomic mass is 35.5. The van der Waals surface area contributed by atoms with Crippen molar-refractivity contribution in [3.8, 4) is 0 Å². The molecular weight excluding hydrogens is 469 g/mol. The Morgan fingerprint density at radius 2 is 1.88 bits per heavy atom. The van der Waals surface area contributed by atoms with Crippen molar-refractivity contribution in [2.45, 2.75) is 50.7 Å². The molecule has 1 N–H and O–H groups in total. The smallest absolute Gasteiger partial charge is 0.252 e. The van der Waals surface area contributed by atoms with Crippen LogP contribution in [0.1, 0.15) is 53.7 Å². The van der Waals surface area contributed by atoms with Gasteiger partial charge in [0, 0.05) is 69.1 Å². The van der Waals surface area contributed by atoms with E-state index in [0.717, 1.165) is 50.0 Å². The summed E-state index contributed by atoms with van der Waals surface area (Å²) in [5.74, 6) is 0.603. The van der Waals surface area contributed by atoms with Gasteiger partial charge in [-0.15, -0.1) is 0 Å². The molecule has 2 atom stereocenters. The highest BCUT2D eigenvalue weighted by Gasteiger charge is 2.35. The number of carbonyl (C=O) groups excluding carboxylic acids is 1. The van der Waals surface area contributed by atoms with E-state index in [1.54, 1.807) is 19.3 Å². The Morgan fingerprint density at radius 1 is 1.09 bits per heavy atom. The van der Waals surface area contributed by atoms with Gasteiger partial charge in [0.25, 0.3) is 5.91 Å². The number of anilines is 1. The number of nitrogens with zero attached hydrogens (tertiary/aromatic N) is 4. The predicted molar refractivity (Wildman–Crippen MR) is 138 cm³/mol. The van der Waals surface area contributed by atoms with Gasteiger partial charge < -0.3 is 10.2 Å². The monoisotopic (exact) mass is 501 g/mol. The van der Waals surface area contributed by atoms with Gasteiger partial charge in [0.1, 0.15) is 5.82 Å². The largest absolute Gasteiger partial charge is 0.355 e. The van der Waals surface area contributed by atoms with Crippen molar-refractivity contribution < 1.29 is 4.79 Å². The molecule has 6 nitrogen and oxygen atoms in total. The molecule has 1 aromatic carbocycles. The van der Waals surface area contributed by atoms with Crippen LogP contribution in [-0.2, 0) is 6.42 Å². The number of halogens is 2. The van der Waals surface area contributed by atoms with Gasteiger partial charge in [0.15, 0.2) is 0 Å². The number of piperazine rings is 1. The number of hydrogen-bond acceptors (Lipinski definition) is 5. The summed E-state index contributed by atoms with van der Waals surface area (Å²) < 4.78 is 0. The quantitative estimate of drug-likeness (QED) is 0.672. The van der Waals surface area contributed by atoms with Crippen LogP contribution < -0.4 is 10.2 Å². The van der Waals surface area contributed by atoms with Gasteiger partial charge in [-0.1, -0.05) is 29.3 Å². The van der Waals surface area contributed by atoms with Crippen LogP contribution in [-0.4, -0.2) is 72.5 Å². The molecular formula is C26H33Cl2N5O. The number of nitrogens with one attached hydrogen (secondary N) is 1. The fourth-order valence-electron chi connectivity index (χ4n) is 6.11. The molecule has 1 aliphatic carbocycles. The normalized spacial score (nSPS) is 24.3. The van der Waals surface area contributed by atoms with Gasteiger partial charge >= 0.3 is 0 Å². The maximum Gasteiger partial charge on any atom is 0.252 e. The summed E-state index contributed by atoms with van der Waals surface area (Å²) in [5.41, 5.74) is 3.40. The first-order valence-corrected chi connectivity index (χ1v) is 13.1. The molecule has 2 fully saturated rings. The van der Waals surface area contributed by atoms with Crippen LogP contribution in [0.15, 0.2) is 30.5 Å². The second kappa shape index (κ2) is 10.0. The summed E-state index contributed by atoms with van der Waals surface area (Å²) >= 11 is 12.7. The average molecular weight is 502 g/mol. The van der Waals surface area contributed by atoms with E-state index in [9.17, 15) is 4.79 Å². The number of benzene rings is 1. The molecule has 0 spiro atoms. The van der Waals surface area contributed by atoms with Gasteiger partial charge in [0.05, 0.1) is 10.6 Å². The zero-order chi connectivity index (χ0) is 23.8. The zero-order valence-corrected chi connectivity index (χ0v) is 21.4. The number of fused-ring (bicyclic) bond motifs is 1. The van der Waals surface area contributed by atoms with E-state index in [1.165, 1.54) is 30.4 Å². The van der Waals surface area contributed by atoms with Crippen molar-refractivity contribution in [2.75, 3.05) is 44.7 Å². The van der Waals surface area contributed by atoms with E-state index < -0.39 is 0 Å². The van der Waals surface area contributed by atoms with E-state index >= 15 is 0 Å². The summed E-state index contributed by atoms with van der Waals surface area (Å²) in [6, 6.07) is 9.74. The third-order valence-corrected chi connectivity index (χ3v) is 8.36. The molecule has 182 valence electrons. The molecule has 34 heavy (non-hydrogen) atoms. The lowest BCUT2D eigenvalue weighted by atomic mass is 9.97. The van der Waals surface area contributed by atoms with E-state index in [-0.39, 0.29) is 5.91 Å². The third-order valence-electron chi connectivity index (χ3n) is 7.85. The molecule has 5 rings (SSSR count). The average Bonchev–Trinajstić information content (AvgIpc) is 3.26. The topological polar surface area (TPSA) is 51.7 Å². The van der Waals surface area contributed by atoms with Crippen LogP contribution >= 0.6 is 23.2 Å². The van der Waals surface area contributed by atoms with Crippen LogP contribution in [0.4, 0.5) is 5.82 Å². The number of amides is 1. The second-order valence-electron chi connectivity index (χ2n) is 9.81. The number of rotatable bonds is 4. The Morgan fingerprint density at radius 3 is 2.59 bits per heavy atom. The number of aryl methyl sites for hydroxylation is 1. The molecule has 0 saturated carbocycles. The molecule has 1 aromatic heterocycles. The van der Waals surface area contributed by atoms with Gasteiger partial charge in [-0.25, -0.2) is 4.98 Å². The lowest BCUT2D eigenvalue weighted by molar-refractivity contribution is 0.0554. The molecule has 8 heteroatoms. The number of aromatic nitrogens is 1. The van der Waals surface area contributed by atoms with E-state index in [1.807, 2.05) is 6.07 Å². The standard InChI is InChI=1S/C26H33Cl2N5O/c1-17-16-32(25-23(28)14-19(15-30-25)26(34)29-2)11-12-33(17)21-7-9-31(10-8-21)24-6-3-18-13-20(27)4-5-22(18)24/h4-5,13-15,17,21,24H,3,6-12,16H2,1-2H3,(H,29,34)/t17-,24+/m0/s1. The highest BCUT2D eigenvalue weighted by molar-refractivity contribution is 6.33.